The number of halogens is 1. The highest BCUT2D eigenvalue weighted by atomic mass is 35.5. The summed E-state index contributed by atoms with van der Waals surface area (Å²) in [5, 5.41) is 6.42. The number of benzene rings is 1. The zero-order valence-corrected chi connectivity index (χ0v) is 11.6. The van der Waals surface area contributed by atoms with Crippen LogP contribution in [0.2, 0.25) is 5.02 Å². The van der Waals surface area contributed by atoms with Gasteiger partial charge in [-0.3, -0.25) is 4.79 Å². The Morgan fingerprint density at radius 1 is 1.58 bits per heavy atom. The molecule has 0 aliphatic carbocycles. The molecule has 2 N–H and O–H groups in total. The maximum absolute atomic E-state index is 12.1. The molecule has 1 fully saturated rings. The van der Waals surface area contributed by atoms with Gasteiger partial charge in [-0.1, -0.05) is 11.6 Å². The van der Waals surface area contributed by atoms with Crippen molar-refractivity contribution in [3.63, 3.8) is 0 Å². The van der Waals surface area contributed by atoms with Gasteiger partial charge in [-0.2, -0.15) is 0 Å². The van der Waals surface area contributed by atoms with E-state index in [9.17, 15) is 4.79 Å². The number of carbonyl (C=O) groups excluding carboxylic acids is 1. The lowest BCUT2D eigenvalue weighted by Gasteiger charge is -2.23. The van der Waals surface area contributed by atoms with E-state index in [2.05, 4.69) is 15.6 Å². The van der Waals surface area contributed by atoms with Crippen LogP contribution in [0.4, 0.5) is 5.69 Å². The predicted octanol–water partition coefficient (Wildman–Crippen LogP) is 1.88. The van der Waals surface area contributed by atoms with Crippen LogP contribution in [0.1, 0.15) is 0 Å². The average Bonchev–Trinajstić information content (AvgIpc) is 2.91. The van der Waals surface area contributed by atoms with E-state index in [4.69, 9.17) is 16.3 Å². The van der Waals surface area contributed by atoms with Crippen molar-refractivity contribution in [2.24, 2.45) is 0 Å². The van der Waals surface area contributed by atoms with Gasteiger partial charge in [0.2, 0.25) is 0 Å². The quantitative estimate of drug-likeness (QED) is 0.888. The van der Waals surface area contributed by atoms with Crippen molar-refractivity contribution in [1.29, 1.82) is 0 Å². The summed E-state index contributed by atoms with van der Waals surface area (Å²) in [6, 6.07) is 3.65. The Hall–Kier alpha value is -1.21. The van der Waals surface area contributed by atoms with E-state index in [1.807, 2.05) is 6.07 Å². The monoisotopic (exact) mass is 297 g/mol. The molecule has 1 aliphatic rings. The van der Waals surface area contributed by atoms with Gasteiger partial charge in [-0.25, -0.2) is 4.98 Å². The minimum absolute atomic E-state index is 0.199. The molecule has 2 heterocycles. The summed E-state index contributed by atoms with van der Waals surface area (Å²) >= 11 is 7.64. The fourth-order valence-electron chi connectivity index (χ4n) is 1.96. The summed E-state index contributed by atoms with van der Waals surface area (Å²) in [6.07, 6.45) is -0.487. The summed E-state index contributed by atoms with van der Waals surface area (Å²) in [5.41, 5.74) is 3.00. The fourth-order valence-corrected chi connectivity index (χ4v) is 2.85. The number of rotatable bonds is 2. The number of thiazole rings is 1. The van der Waals surface area contributed by atoms with Crippen molar-refractivity contribution in [1.82, 2.24) is 10.3 Å². The maximum atomic E-state index is 12.1. The molecule has 7 heteroatoms. The van der Waals surface area contributed by atoms with E-state index >= 15 is 0 Å². The van der Waals surface area contributed by atoms with E-state index in [1.165, 1.54) is 11.3 Å². The van der Waals surface area contributed by atoms with E-state index in [1.54, 1.807) is 11.6 Å². The van der Waals surface area contributed by atoms with Gasteiger partial charge in [0, 0.05) is 13.1 Å². The molecule has 0 bridgehead atoms. The van der Waals surface area contributed by atoms with Crippen LogP contribution in [0, 0.1) is 0 Å². The van der Waals surface area contributed by atoms with Gasteiger partial charge in [0.1, 0.15) is 11.6 Å². The summed E-state index contributed by atoms with van der Waals surface area (Å²) in [7, 11) is 0. The lowest BCUT2D eigenvalue weighted by Crippen LogP contribution is -2.45. The van der Waals surface area contributed by atoms with Crippen molar-refractivity contribution in [2.75, 3.05) is 25.0 Å². The van der Waals surface area contributed by atoms with Crippen molar-refractivity contribution >= 4 is 44.7 Å². The molecule has 1 aliphatic heterocycles. The molecule has 1 aromatic heterocycles. The Kier molecular flexibility index (Phi) is 3.65. The molecular formula is C12H12ClN3O2S. The van der Waals surface area contributed by atoms with Crippen LogP contribution in [0.25, 0.3) is 10.2 Å². The number of amides is 1. The van der Waals surface area contributed by atoms with E-state index < -0.39 is 6.10 Å². The second-order valence-corrected chi connectivity index (χ2v) is 5.47. The van der Waals surface area contributed by atoms with Crippen LogP contribution < -0.4 is 10.6 Å². The SMILES string of the molecule is O=C(Nc1c(Cl)ccc2scnc12)C1CNCCO1. The number of ether oxygens (including phenoxy) is 1. The highest BCUT2D eigenvalue weighted by Gasteiger charge is 2.23. The van der Waals surface area contributed by atoms with E-state index in [0.717, 1.165) is 16.8 Å². The van der Waals surface area contributed by atoms with Crippen LogP contribution in [-0.2, 0) is 9.53 Å². The van der Waals surface area contributed by atoms with Crippen LogP contribution in [0.15, 0.2) is 17.6 Å². The summed E-state index contributed by atoms with van der Waals surface area (Å²) in [4.78, 5) is 16.4. The molecule has 1 saturated heterocycles. The average molecular weight is 298 g/mol. The fraction of sp³-hybridized carbons (Fsp3) is 0.333. The zero-order valence-electron chi connectivity index (χ0n) is 9.98. The Morgan fingerprint density at radius 2 is 2.47 bits per heavy atom. The van der Waals surface area contributed by atoms with Gasteiger partial charge in [0.05, 0.1) is 27.5 Å². The Labute approximate surface area is 118 Å². The normalized spacial score (nSPS) is 19.5. The van der Waals surface area contributed by atoms with E-state index in [0.29, 0.717) is 23.9 Å². The lowest BCUT2D eigenvalue weighted by atomic mass is 10.2. The topological polar surface area (TPSA) is 63.2 Å². The molecule has 1 unspecified atom stereocenters. The number of hydrogen-bond donors (Lipinski definition) is 2. The number of hydrogen-bond acceptors (Lipinski definition) is 5. The highest BCUT2D eigenvalue weighted by molar-refractivity contribution is 7.16. The summed E-state index contributed by atoms with van der Waals surface area (Å²) < 4.78 is 6.40. The molecule has 0 saturated carbocycles. The third-order valence-corrected chi connectivity index (χ3v) is 4.03. The summed E-state index contributed by atoms with van der Waals surface area (Å²) in [5.74, 6) is -0.199. The molecule has 0 spiro atoms. The summed E-state index contributed by atoms with van der Waals surface area (Å²) in [6.45, 7) is 1.81. The number of anilines is 1. The molecule has 1 atom stereocenters. The van der Waals surface area contributed by atoms with Gasteiger partial charge < -0.3 is 15.4 Å². The highest BCUT2D eigenvalue weighted by Crippen LogP contribution is 2.32. The molecule has 3 rings (SSSR count). The number of morpholine rings is 1. The standard InChI is InChI=1S/C12H12ClN3O2S/c13-7-1-2-9-11(15-6-19-9)10(7)16-12(17)8-5-14-3-4-18-8/h1-2,6,8,14H,3-5H2,(H,16,17). The molecule has 2 aromatic rings. The first-order valence-electron chi connectivity index (χ1n) is 5.90. The van der Waals surface area contributed by atoms with Crippen molar-refractivity contribution in [2.45, 2.75) is 6.10 Å². The Morgan fingerprint density at radius 3 is 3.26 bits per heavy atom. The smallest absolute Gasteiger partial charge is 0.254 e. The van der Waals surface area contributed by atoms with Crippen LogP contribution >= 0.6 is 22.9 Å². The molecule has 5 nitrogen and oxygen atoms in total. The molecule has 0 radical (unpaired) electrons. The number of carbonyl (C=O) groups is 1. The van der Waals surface area contributed by atoms with Gasteiger partial charge in [0.25, 0.3) is 5.91 Å². The number of aromatic nitrogens is 1. The number of nitrogens with zero attached hydrogens (tertiary/aromatic N) is 1. The van der Waals surface area contributed by atoms with Crippen LogP contribution in [-0.4, -0.2) is 36.7 Å². The van der Waals surface area contributed by atoms with E-state index in [-0.39, 0.29) is 5.91 Å². The minimum Gasteiger partial charge on any atom is -0.366 e. The van der Waals surface area contributed by atoms with Crippen LogP contribution in [0.5, 0.6) is 0 Å². The number of nitrogens with one attached hydrogen (secondary N) is 2. The van der Waals surface area contributed by atoms with Crippen molar-refractivity contribution < 1.29 is 9.53 Å². The molecule has 100 valence electrons. The first-order chi connectivity index (χ1) is 9.25. The second kappa shape index (κ2) is 5.42. The van der Waals surface area contributed by atoms with Gasteiger partial charge in [0.15, 0.2) is 0 Å². The first kappa shape index (κ1) is 12.8. The Balaban J connectivity index is 1.86. The van der Waals surface area contributed by atoms with Gasteiger partial charge in [-0.05, 0) is 12.1 Å². The molecule has 1 amide bonds. The van der Waals surface area contributed by atoms with Crippen LogP contribution in [0.3, 0.4) is 0 Å². The van der Waals surface area contributed by atoms with Gasteiger partial charge >= 0.3 is 0 Å². The lowest BCUT2D eigenvalue weighted by molar-refractivity contribution is -0.128. The predicted molar refractivity (Wildman–Crippen MR) is 75.9 cm³/mol. The largest absolute Gasteiger partial charge is 0.366 e. The third kappa shape index (κ3) is 2.57. The zero-order chi connectivity index (χ0) is 13.2. The second-order valence-electron chi connectivity index (χ2n) is 4.17. The number of fused-ring (bicyclic) bond motifs is 1. The van der Waals surface area contributed by atoms with Crippen molar-refractivity contribution in [3.8, 4) is 0 Å². The van der Waals surface area contributed by atoms with Crippen molar-refractivity contribution in [3.05, 3.63) is 22.7 Å². The maximum Gasteiger partial charge on any atom is 0.254 e. The third-order valence-electron chi connectivity index (χ3n) is 2.92. The molecule has 1 aromatic carbocycles. The molecule has 19 heavy (non-hydrogen) atoms. The molecular weight excluding hydrogens is 286 g/mol. The van der Waals surface area contributed by atoms with Gasteiger partial charge in [-0.15, -0.1) is 11.3 Å². The minimum atomic E-state index is -0.487. The first-order valence-corrected chi connectivity index (χ1v) is 7.16. The Bertz CT molecular complexity index is 610.